The van der Waals surface area contributed by atoms with Gasteiger partial charge in [-0.25, -0.2) is 17.1 Å². The fourth-order valence-electron chi connectivity index (χ4n) is 1.94. The summed E-state index contributed by atoms with van der Waals surface area (Å²) in [5.74, 6) is 4.95. The Kier molecular flexibility index (Phi) is 4.99. The molecule has 0 aromatic heterocycles. The SMILES string of the molecule is CN(CC1CC1)S(=O)(=O)c1ccc(C#CCCO)cc1F. The number of rotatable bonds is 5. The molecule has 0 amide bonds. The highest BCUT2D eigenvalue weighted by atomic mass is 32.2. The van der Waals surface area contributed by atoms with Crippen LogP contribution in [0.3, 0.4) is 0 Å². The largest absolute Gasteiger partial charge is 0.395 e. The van der Waals surface area contributed by atoms with Crippen LogP contribution in [-0.4, -0.2) is 38.0 Å². The molecule has 0 heterocycles. The second kappa shape index (κ2) is 6.56. The molecule has 0 saturated heterocycles. The van der Waals surface area contributed by atoms with Crippen LogP contribution >= 0.6 is 0 Å². The van der Waals surface area contributed by atoms with Crippen molar-refractivity contribution >= 4 is 10.0 Å². The van der Waals surface area contributed by atoms with Crippen LogP contribution in [0.4, 0.5) is 4.39 Å². The van der Waals surface area contributed by atoms with Crippen molar-refractivity contribution in [2.24, 2.45) is 5.92 Å². The Bertz CT molecular complexity index is 672. The van der Waals surface area contributed by atoms with Gasteiger partial charge in [-0.2, -0.15) is 0 Å². The van der Waals surface area contributed by atoms with Crippen LogP contribution in [0, 0.1) is 23.6 Å². The molecule has 4 nitrogen and oxygen atoms in total. The van der Waals surface area contributed by atoms with Gasteiger partial charge in [0.2, 0.25) is 10.0 Å². The van der Waals surface area contributed by atoms with E-state index in [0.29, 0.717) is 24.4 Å². The van der Waals surface area contributed by atoms with Crippen molar-refractivity contribution in [1.29, 1.82) is 0 Å². The fraction of sp³-hybridized carbons (Fsp3) is 0.467. The van der Waals surface area contributed by atoms with E-state index in [1.807, 2.05) is 0 Å². The van der Waals surface area contributed by atoms with Crippen molar-refractivity contribution in [3.05, 3.63) is 29.6 Å². The molecule has 1 aromatic rings. The van der Waals surface area contributed by atoms with Gasteiger partial charge in [-0.1, -0.05) is 11.8 Å². The van der Waals surface area contributed by atoms with Gasteiger partial charge in [-0.3, -0.25) is 0 Å². The quantitative estimate of drug-likeness (QED) is 0.840. The lowest BCUT2D eigenvalue weighted by Gasteiger charge is -2.17. The zero-order valence-corrected chi connectivity index (χ0v) is 12.7. The van der Waals surface area contributed by atoms with E-state index in [2.05, 4.69) is 11.8 Å². The zero-order chi connectivity index (χ0) is 15.5. The first kappa shape index (κ1) is 16.0. The van der Waals surface area contributed by atoms with Crippen LogP contribution in [0.25, 0.3) is 0 Å². The number of aliphatic hydroxyl groups excluding tert-OH is 1. The number of hydrogen-bond donors (Lipinski definition) is 1. The predicted molar refractivity (Wildman–Crippen MR) is 77.5 cm³/mol. The lowest BCUT2D eigenvalue weighted by Crippen LogP contribution is -2.29. The van der Waals surface area contributed by atoms with E-state index < -0.39 is 15.8 Å². The van der Waals surface area contributed by atoms with Gasteiger partial charge in [0.05, 0.1) is 6.61 Å². The van der Waals surface area contributed by atoms with Gasteiger partial charge in [0.25, 0.3) is 0 Å². The van der Waals surface area contributed by atoms with E-state index in [4.69, 9.17) is 5.11 Å². The molecule has 1 saturated carbocycles. The van der Waals surface area contributed by atoms with E-state index in [1.54, 1.807) is 0 Å². The molecule has 1 N–H and O–H groups in total. The number of halogens is 1. The van der Waals surface area contributed by atoms with Gasteiger partial charge in [-0.05, 0) is 37.0 Å². The Hall–Kier alpha value is -1.42. The summed E-state index contributed by atoms with van der Waals surface area (Å²) >= 11 is 0. The number of nitrogens with zero attached hydrogens (tertiary/aromatic N) is 1. The van der Waals surface area contributed by atoms with Crippen molar-refractivity contribution in [2.75, 3.05) is 20.2 Å². The first-order chi connectivity index (χ1) is 9.95. The molecule has 0 spiro atoms. The Balaban J connectivity index is 2.21. The van der Waals surface area contributed by atoms with Gasteiger partial charge >= 0.3 is 0 Å². The summed E-state index contributed by atoms with van der Waals surface area (Å²) < 4.78 is 39.9. The van der Waals surface area contributed by atoms with Gasteiger partial charge < -0.3 is 5.11 Å². The molecular weight excluding hydrogens is 293 g/mol. The number of aliphatic hydroxyl groups is 1. The molecule has 0 bridgehead atoms. The second-order valence-electron chi connectivity index (χ2n) is 5.15. The van der Waals surface area contributed by atoms with Crippen LogP contribution in [-0.2, 0) is 10.0 Å². The summed E-state index contributed by atoms with van der Waals surface area (Å²) in [4.78, 5) is -0.321. The molecule has 0 atom stereocenters. The molecule has 6 heteroatoms. The normalized spacial score (nSPS) is 14.9. The maximum atomic E-state index is 14.0. The Morgan fingerprint density at radius 3 is 2.71 bits per heavy atom. The zero-order valence-electron chi connectivity index (χ0n) is 11.8. The minimum Gasteiger partial charge on any atom is -0.395 e. The Morgan fingerprint density at radius 2 is 2.14 bits per heavy atom. The van der Waals surface area contributed by atoms with Crippen molar-refractivity contribution in [1.82, 2.24) is 4.31 Å². The topological polar surface area (TPSA) is 57.6 Å². The molecule has 0 radical (unpaired) electrons. The minimum absolute atomic E-state index is 0.0616. The maximum absolute atomic E-state index is 14.0. The van der Waals surface area contributed by atoms with Crippen molar-refractivity contribution in [3.8, 4) is 11.8 Å². The smallest absolute Gasteiger partial charge is 0.245 e. The summed E-state index contributed by atoms with van der Waals surface area (Å²) in [6.07, 6.45) is 2.36. The second-order valence-corrected chi connectivity index (χ2v) is 7.16. The molecule has 1 aliphatic rings. The van der Waals surface area contributed by atoms with Gasteiger partial charge in [0, 0.05) is 25.6 Å². The molecular formula is C15H18FNO3S. The summed E-state index contributed by atoms with van der Waals surface area (Å²) in [7, 11) is -2.32. The maximum Gasteiger partial charge on any atom is 0.245 e. The summed E-state index contributed by atoms with van der Waals surface area (Å²) in [5.41, 5.74) is 0.393. The van der Waals surface area contributed by atoms with Crippen LogP contribution in [0.2, 0.25) is 0 Å². The van der Waals surface area contributed by atoms with Crippen LogP contribution in [0.15, 0.2) is 23.1 Å². The molecule has 114 valence electrons. The van der Waals surface area contributed by atoms with Crippen molar-refractivity contribution in [2.45, 2.75) is 24.2 Å². The van der Waals surface area contributed by atoms with E-state index in [-0.39, 0.29) is 11.5 Å². The third kappa shape index (κ3) is 4.03. The Morgan fingerprint density at radius 1 is 1.43 bits per heavy atom. The fourth-order valence-corrected chi connectivity index (χ4v) is 3.23. The average Bonchev–Trinajstić information content (AvgIpc) is 3.22. The number of sulfonamides is 1. The molecule has 1 aromatic carbocycles. The minimum atomic E-state index is -3.80. The van der Waals surface area contributed by atoms with Gasteiger partial charge in [0.1, 0.15) is 10.7 Å². The summed E-state index contributed by atoms with van der Waals surface area (Å²) in [6.45, 7) is 0.369. The molecule has 0 unspecified atom stereocenters. The van der Waals surface area contributed by atoms with E-state index in [9.17, 15) is 12.8 Å². The van der Waals surface area contributed by atoms with Gasteiger partial charge in [-0.15, -0.1) is 0 Å². The van der Waals surface area contributed by atoms with E-state index in [1.165, 1.54) is 23.5 Å². The molecule has 21 heavy (non-hydrogen) atoms. The number of benzene rings is 1. The Labute approximate surface area is 124 Å². The standard InChI is InChI=1S/C15H18FNO3S/c1-17(11-13-5-6-13)21(19,20)15-8-7-12(10-14(15)16)4-2-3-9-18/h7-8,10,13,18H,3,5-6,9,11H2,1H3. The molecule has 0 aliphatic heterocycles. The highest BCUT2D eigenvalue weighted by molar-refractivity contribution is 7.89. The third-order valence-electron chi connectivity index (χ3n) is 3.30. The highest BCUT2D eigenvalue weighted by Gasteiger charge is 2.30. The number of hydrogen-bond acceptors (Lipinski definition) is 3. The van der Waals surface area contributed by atoms with Crippen molar-refractivity contribution < 1.29 is 17.9 Å². The monoisotopic (exact) mass is 311 g/mol. The van der Waals surface area contributed by atoms with Crippen molar-refractivity contribution in [3.63, 3.8) is 0 Å². The highest BCUT2D eigenvalue weighted by Crippen LogP contribution is 2.31. The van der Waals surface area contributed by atoms with Crippen LogP contribution < -0.4 is 0 Å². The molecule has 1 aliphatic carbocycles. The predicted octanol–water partition coefficient (Wildman–Crippen LogP) is 1.59. The third-order valence-corrected chi connectivity index (χ3v) is 5.16. The van der Waals surface area contributed by atoms with Crippen LogP contribution in [0.5, 0.6) is 0 Å². The lowest BCUT2D eigenvalue weighted by molar-refractivity contribution is 0.305. The lowest BCUT2D eigenvalue weighted by atomic mass is 10.2. The summed E-state index contributed by atoms with van der Waals surface area (Å²) in [5, 5.41) is 8.63. The first-order valence-corrected chi connectivity index (χ1v) is 8.25. The molecule has 2 rings (SSSR count). The first-order valence-electron chi connectivity index (χ1n) is 6.81. The van der Waals surface area contributed by atoms with Gasteiger partial charge in [0.15, 0.2) is 0 Å². The molecule has 1 fully saturated rings. The van der Waals surface area contributed by atoms with E-state index in [0.717, 1.165) is 18.9 Å². The van der Waals surface area contributed by atoms with E-state index >= 15 is 0 Å². The summed E-state index contributed by atoms with van der Waals surface area (Å²) in [6, 6.07) is 3.84. The van der Waals surface area contributed by atoms with Crippen LogP contribution in [0.1, 0.15) is 24.8 Å². The average molecular weight is 311 g/mol.